The van der Waals surface area contributed by atoms with E-state index < -0.39 is 6.04 Å². The van der Waals surface area contributed by atoms with Gasteiger partial charge in [-0.2, -0.15) is 0 Å². The zero-order chi connectivity index (χ0) is 26.2. The van der Waals surface area contributed by atoms with Crippen molar-refractivity contribution in [3.05, 3.63) is 81.0 Å². The van der Waals surface area contributed by atoms with Gasteiger partial charge in [0.05, 0.1) is 20.6 Å². The van der Waals surface area contributed by atoms with Gasteiger partial charge in [-0.1, -0.05) is 67.3 Å². The van der Waals surface area contributed by atoms with Gasteiger partial charge < -0.3 is 19.7 Å². The number of nitrogens with zero attached hydrogens (tertiary/aromatic N) is 1. The van der Waals surface area contributed by atoms with Crippen LogP contribution in [-0.4, -0.2) is 37.0 Å². The van der Waals surface area contributed by atoms with Gasteiger partial charge in [-0.05, 0) is 42.0 Å². The highest BCUT2D eigenvalue weighted by atomic mass is 35.5. The van der Waals surface area contributed by atoms with E-state index in [4.69, 9.17) is 21.1 Å². The highest BCUT2D eigenvalue weighted by Gasteiger charge is 2.36. The van der Waals surface area contributed by atoms with Gasteiger partial charge in [-0.3, -0.25) is 9.59 Å². The maximum absolute atomic E-state index is 14.1. The molecule has 0 radical (unpaired) electrons. The number of ether oxygens (including phenoxy) is 2. The number of methoxy groups -OCH3 is 2. The number of rotatable bonds is 10. The second kappa shape index (κ2) is 13.0. The molecule has 0 saturated heterocycles. The lowest BCUT2D eigenvalue weighted by Crippen LogP contribution is -2.47. The first-order valence-electron chi connectivity index (χ1n) is 12.6. The van der Waals surface area contributed by atoms with Crippen molar-refractivity contribution < 1.29 is 19.1 Å². The summed E-state index contributed by atoms with van der Waals surface area (Å²) in [6.45, 7) is 0.174. The van der Waals surface area contributed by atoms with E-state index in [9.17, 15) is 9.59 Å². The van der Waals surface area contributed by atoms with Crippen LogP contribution in [0.25, 0.3) is 0 Å². The Hall–Kier alpha value is -3.03. The minimum Gasteiger partial charge on any atom is -0.493 e. The van der Waals surface area contributed by atoms with Crippen LogP contribution in [0.4, 0.5) is 0 Å². The largest absolute Gasteiger partial charge is 0.493 e. The molecule has 1 saturated carbocycles. The van der Waals surface area contributed by atoms with E-state index in [0.29, 0.717) is 22.1 Å². The maximum atomic E-state index is 14.1. The number of nitrogens with one attached hydrogen (secondary N) is 1. The number of halogens is 1. The van der Waals surface area contributed by atoms with Gasteiger partial charge >= 0.3 is 0 Å². The van der Waals surface area contributed by atoms with E-state index in [1.54, 1.807) is 31.3 Å². The molecule has 0 unspecified atom stereocenters. The van der Waals surface area contributed by atoms with Crippen LogP contribution in [0.2, 0.25) is 5.02 Å². The maximum Gasteiger partial charge on any atom is 0.247 e. The number of benzene rings is 2. The smallest absolute Gasteiger partial charge is 0.247 e. The Morgan fingerprint density at radius 2 is 1.81 bits per heavy atom. The summed E-state index contributed by atoms with van der Waals surface area (Å²) in [6.07, 6.45) is 5.39. The van der Waals surface area contributed by atoms with Gasteiger partial charge in [0.15, 0.2) is 11.5 Å². The van der Waals surface area contributed by atoms with Crippen molar-refractivity contribution in [3.63, 3.8) is 0 Å². The Kier molecular flexibility index (Phi) is 9.47. The summed E-state index contributed by atoms with van der Waals surface area (Å²) in [6, 6.07) is 15.8. The molecule has 1 fully saturated rings. The van der Waals surface area contributed by atoms with Gasteiger partial charge in [0.2, 0.25) is 11.8 Å². The number of amides is 2. The van der Waals surface area contributed by atoms with E-state index in [1.807, 2.05) is 47.8 Å². The van der Waals surface area contributed by atoms with E-state index in [0.717, 1.165) is 36.1 Å². The fraction of sp³-hybridized carbons (Fsp3) is 0.379. The molecular formula is C29H33ClN2O4S. The first-order valence-corrected chi connectivity index (χ1v) is 13.8. The lowest BCUT2D eigenvalue weighted by Gasteiger charge is -2.34. The first kappa shape index (κ1) is 27.0. The topological polar surface area (TPSA) is 67.9 Å². The average Bonchev–Trinajstić information content (AvgIpc) is 3.42. The van der Waals surface area contributed by atoms with Crippen molar-refractivity contribution in [1.29, 1.82) is 0 Å². The molecule has 2 amide bonds. The second-order valence-corrected chi connectivity index (χ2v) is 10.6. The molecule has 0 spiro atoms. The third-order valence-corrected chi connectivity index (χ3v) is 8.01. The van der Waals surface area contributed by atoms with Crippen LogP contribution in [0.5, 0.6) is 11.5 Å². The molecule has 1 aliphatic rings. The summed E-state index contributed by atoms with van der Waals surface area (Å²) in [5.41, 5.74) is 1.34. The number of carbonyl (C=O) groups excluding carboxylic acids is 2. The summed E-state index contributed by atoms with van der Waals surface area (Å²) in [5, 5.41) is 5.73. The Bertz CT molecular complexity index is 1190. The molecule has 1 aromatic heterocycles. The van der Waals surface area contributed by atoms with E-state index in [-0.39, 0.29) is 30.8 Å². The van der Waals surface area contributed by atoms with Crippen LogP contribution in [0.15, 0.2) is 60.0 Å². The van der Waals surface area contributed by atoms with E-state index in [2.05, 4.69) is 5.32 Å². The van der Waals surface area contributed by atoms with Crippen LogP contribution in [0, 0.1) is 0 Å². The van der Waals surface area contributed by atoms with Crippen LogP contribution >= 0.6 is 22.9 Å². The molecule has 1 aliphatic carbocycles. The molecule has 0 bridgehead atoms. The van der Waals surface area contributed by atoms with Gasteiger partial charge in [-0.25, -0.2) is 0 Å². The summed E-state index contributed by atoms with van der Waals surface area (Å²) in [5.74, 6) is 0.529. The second-order valence-electron chi connectivity index (χ2n) is 9.20. The quantitative estimate of drug-likeness (QED) is 0.333. The van der Waals surface area contributed by atoms with Crippen molar-refractivity contribution in [2.24, 2.45) is 0 Å². The molecule has 196 valence electrons. The Morgan fingerprint density at radius 1 is 1.03 bits per heavy atom. The molecule has 8 heteroatoms. The lowest BCUT2D eigenvalue weighted by atomic mass is 9.94. The summed E-state index contributed by atoms with van der Waals surface area (Å²) in [7, 11) is 3.10. The summed E-state index contributed by atoms with van der Waals surface area (Å²) >= 11 is 8.04. The van der Waals surface area contributed by atoms with Gasteiger partial charge in [0.1, 0.15) is 6.04 Å². The molecule has 6 nitrogen and oxygen atoms in total. The van der Waals surface area contributed by atoms with Crippen LogP contribution in [0.1, 0.15) is 54.1 Å². The molecule has 37 heavy (non-hydrogen) atoms. The normalized spacial score (nSPS) is 14.6. The fourth-order valence-electron chi connectivity index (χ4n) is 4.90. The molecule has 1 heterocycles. The minimum atomic E-state index is -0.935. The number of carbonyl (C=O) groups is 2. The SMILES string of the molecule is COc1cccc([C@@H](C(=O)NC2CCCCC2)N(Cc2ccccc2Cl)C(=O)Cc2cccs2)c1OC. The van der Waals surface area contributed by atoms with Gasteiger partial charge in [-0.15, -0.1) is 11.3 Å². The Labute approximate surface area is 227 Å². The van der Waals surface area contributed by atoms with Crippen LogP contribution in [-0.2, 0) is 22.6 Å². The summed E-state index contributed by atoms with van der Waals surface area (Å²) < 4.78 is 11.3. The van der Waals surface area contributed by atoms with Gasteiger partial charge in [0.25, 0.3) is 0 Å². The Balaban J connectivity index is 1.79. The highest BCUT2D eigenvalue weighted by Crippen LogP contribution is 2.38. The molecule has 1 N–H and O–H groups in total. The highest BCUT2D eigenvalue weighted by molar-refractivity contribution is 7.10. The molecule has 3 aromatic rings. The molecular weight excluding hydrogens is 508 g/mol. The molecule has 4 rings (SSSR count). The zero-order valence-electron chi connectivity index (χ0n) is 21.2. The molecule has 0 aliphatic heterocycles. The third-order valence-electron chi connectivity index (χ3n) is 6.76. The third kappa shape index (κ3) is 6.65. The number of para-hydroxylation sites is 1. The van der Waals surface area contributed by atoms with Crippen molar-refractivity contribution in [1.82, 2.24) is 10.2 Å². The number of hydrogen-bond acceptors (Lipinski definition) is 5. The van der Waals surface area contributed by atoms with E-state index >= 15 is 0 Å². The fourth-order valence-corrected chi connectivity index (χ4v) is 5.79. The first-order chi connectivity index (χ1) is 18.0. The van der Waals surface area contributed by atoms with Crippen LogP contribution < -0.4 is 14.8 Å². The van der Waals surface area contributed by atoms with Crippen molar-refractivity contribution in [2.45, 2.75) is 57.2 Å². The van der Waals surface area contributed by atoms with Crippen molar-refractivity contribution >= 4 is 34.8 Å². The van der Waals surface area contributed by atoms with Crippen LogP contribution in [0.3, 0.4) is 0 Å². The van der Waals surface area contributed by atoms with E-state index in [1.165, 1.54) is 17.8 Å². The predicted octanol–water partition coefficient (Wildman–Crippen LogP) is 6.18. The molecule has 2 aromatic carbocycles. The average molecular weight is 541 g/mol. The zero-order valence-corrected chi connectivity index (χ0v) is 22.8. The monoisotopic (exact) mass is 540 g/mol. The number of hydrogen-bond donors (Lipinski definition) is 1. The predicted molar refractivity (Wildman–Crippen MR) is 147 cm³/mol. The lowest BCUT2D eigenvalue weighted by molar-refractivity contribution is -0.141. The standard InChI is InChI=1S/C29H33ClN2O4S/c1-35-25-16-8-14-23(28(25)36-2)27(29(34)31-21-11-4-3-5-12-21)32(19-20-10-6-7-15-24(20)30)26(33)18-22-13-9-17-37-22/h6-10,13-17,21,27H,3-5,11-12,18-19H2,1-2H3,(H,31,34)/t27-/m0/s1. The minimum absolute atomic E-state index is 0.0786. The van der Waals surface area contributed by atoms with Crippen molar-refractivity contribution in [3.8, 4) is 11.5 Å². The molecule has 1 atom stereocenters. The van der Waals surface area contributed by atoms with Gasteiger partial charge in [0, 0.05) is 28.0 Å². The number of thiophene rings is 1. The van der Waals surface area contributed by atoms with Crippen molar-refractivity contribution in [2.75, 3.05) is 14.2 Å². The summed E-state index contributed by atoms with van der Waals surface area (Å²) in [4.78, 5) is 30.6. The Morgan fingerprint density at radius 3 is 2.49 bits per heavy atom.